The number of nitrogens with one attached hydrogen (secondary N) is 1. The molecule has 1 N–H and O–H groups in total. The lowest BCUT2D eigenvalue weighted by molar-refractivity contribution is 0.190. The second-order valence-electron chi connectivity index (χ2n) is 7.95. The van der Waals surface area contributed by atoms with Gasteiger partial charge in [-0.25, -0.2) is 8.42 Å². The molecule has 4 rings (SSSR count). The summed E-state index contributed by atoms with van der Waals surface area (Å²) in [5.41, 5.74) is 3.30. The van der Waals surface area contributed by atoms with Crippen LogP contribution in [-0.4, -0.2) is 60.3 Å². The van der Waals surface area contributed by atoms with E-state index in [4.69, 9.17) is 0 Å². The van der Waals surface area contributed by atoms with Crippen LogP contribution < -0.4 is 5.56 Å². The van der Waals surface area contributed by atoms with Crippen LogP contribution in [0.4, 0.5) is 0 Å². The number of aromatic amines is 1. The van der Waals surface area contributed by atoms with E-state index in [9.17, 15) is 13.2 Å². The summed E-state index contributed by atoms with van der Waals surface area (Å²) in [6, 6.07) is 11.3. The van der Waals surface area contributed by atoms with Crippen molar-refractivity contribution in [2.75, 3.05) is 32.7 Å². The number of nitrogens with zero attached hydrogens (tertiary/aromatic N) is 3. The fourth-order valence-corrected chi connectivity index (χ4v) is 6.88. The molecule has 0 amide bonds. The summed E-state index contributed by atoms with van der Waals surface area (Å²) < 4.78 is 28.4. The van der Waals surface area contributed by atoms with Gasteiger partial charge in [0.05, 0.1) is 0 Å². The van der Waals surface area contributed by atoms with Gasteiger partial charge >= 0.3 is 0 Å². The third-order valence-electron chi connectivity index (χ3n) is 5.88. The topological polar surface area (TPSA) is 86.4 Å². The Morgan fingerprint density at radius 3 is 2.59 bits per heavy atom. The van der Waals surface area contributed by atoms with Gasteiger partial charge in [-0.05, 0) is 43.7 Å². The van der Waals surface area contributed by atoms with Crippen LogP contribution in [0.5, 0.6) is 0 Å². The average Bonchev–Trinajstić information content (AvgIpc) is 3.30. The molecule has 1 aliphatic heterocycles. The number of thiophene rings is 1. The Morgan fingerprint density at radius 2 is 1.91 bits per heavy atom. The van der Waals surface area contributed by atoms with E-state index in [0.29, 0.717) is 42.4 Å². The molecule has 1 aliphatic rings. The molecule has 1 fully saturated rings. The van der Waals surface area contributed by atoms with Crippen LogP contribution in [0.1, 0.15) is 23.9 Å². The molecular formula is C23H28N4O3S2. The van der Waals surface area contributed by atoms with Crippen LogP contribution in [-0.2, 0) is 22.9 Å². The van der Waals surface area contributed by atoms with Gasteiger partial charge in [0.15, 0.2) is 0 Å². The first kappa shape index (κ1) is 22.8. The Labute approximate surface area is 192 Å². The number of hydrogen-bond donors (Lipinski definition) is 1. The second-order valence-corrected chi connectivity index (χ2v) is 11.2. The average molecular weight is 473 g/mol. The summed E-state index contributed by atoms with van der Waals surface area (Å²) in [5.74, 6) is 0. The van der Waals surface area contributed by atoms with Crippen molar-refractivity contribution in [1.82, 2.24) is 19.2 Å². The van der Waals surface area contributed by atoms with E-state index in [1.807, 2.05) is 44.2 Å². The molecule has 0 saturated carbocycles. The molecule has 0 unspecified atom stereocenters. The predicted octanol–water partition coefficient (Wildman–Crippen LogP) is 2.92. The molecule has 0 radical (unpaired) electrons. The maximum Gasteiger partial charge on any atom is 0.252 e. The van der Waals surface area contributed by atoms with Crippen LogP contribution >= 0.6 is 11.3 Å². The lowest BCUT2D eigenvalue weighted by Crippen LogP contribution is -2.48. The van der Waals surface area contributed by atoms with Crippen LogP contribution in [0.2, 0.25) is 0 Å². The third kappa shape index (κ3) is 4.85. The van der Waals surface area contributed by atoms with E-state index >= 15 is 0 Å². The number of sulfonamides is 1. The monoisotopic (exact) mass is 472 g/mol. The number of hydrogen-bond acceptors (Lipinski definition) is 6. The van der Waals surface area contributed by atoms with Gasteiger partial charge in [-0.3, -0.25) is 9.78 Å². The number of pyridine rings is 2. The standard InChI is InChI=1S/C23H28N4O3S2/c1-3-18-16-20(17(2)25-23(18)28)21-7-8-22(31-21)32(29,30)27-14-12-26(13-15-27)11-9-19-6-4-5-10-24-19/h4-8,10,16H,3,9,11-15H2,1-2H3,(H,25,28). The first-order chi connectivity index (χ1) is 15.4. The summed E-state index contributed by atoms with van der Waals surface area (Å²) in [6.45, 7) is 7.04. The minimum Gasteiger partial charge on any atom is -0.326 e. The van der Waals surface area contributed by atoms with Crippen LogP contribution in [0.15, 0.2) is 51.6 Å². The number of aromatic nitrogens is 2. The fraction of sp³-hybridized carbons (Fsp3) is 0.391. The molecule has 9 heteroatoms. The molecule has 0 spiro atoms. The maximum absolute atomic E-state index is 13.2. The van der Waals surface area contributed by atoms with E-state index in [0.717, 1.165) is 34.8 Å². The molecule has 3 aromatic heterocycles. The van der Waals surface area contributed by atoms with Gasteiger partial charge in [-0.2, -0.15) is 4.31 Å². The van der Waals surface area contributed by atoms with Crippen molar-refractivity contribution < 1.29 is 8.42 Å². The fourth-order valence-electron chi connectivity index (χ4n) is 3.93. The molecular weight excluding hydrogens is 444 g/mol. The highest BCUT2D eigenvalue weighted by atomic mass is 32.2. The molecule has 170 valence electrons. The smallest absolute Gasteiger partial charge is 0.252 e. The highest BCUT2D eigenvalue weighted by molar-refractivity contribution is 7.91. The lowest BCUT2D eigenvalue weighted by Gasteiger charge is -2.33. The van der Waals surface area contributed by atoms with Gasteiger partial charge < -0.3 is 9.88 Å². The van der Waals surface area contributed by atoms with E-state index in [-0.39, 0.29) is 5.56 Å². The van der Waals surface area contributed by atoms with Crippen molar-refractivity contribution in [1.29, 1.82) is 0 Å². The van der Waals surface area contributed by atoms with E-state index in [1.54, 1.807) is 16.6 Å². The summed E-state index contributed by atoms with van der Waals surface area (Å²) in [5, 5.41) is 0. The Morgan fingerprint density at radius 1 is 1.12 bits per heavy atom. The SMILES string of the molecule is CCc1cc(-c2ccc(S(=O)(=O)N3CCN(CCc4ccccn4)CC3)s2)c(C)[nH]c1=O. The zero-order valence-corrected chi connectivity index (χ0v) is 20.0. The van der Waals surface area contributed by atoms with Crippen molar-refractivity contribution in [2.45, 2.75) is 30.9 Å². The number of aryl methyl sites for hydroxylation is 2. The predicted molar refractivity (Wildman–Crippen MR) is 128 cm³/mol. The normalized spacial score (nSPS) is 15.8. The van der Waals surface area contributed by atoms with Crippen molar-refractivity contribution in [3.05, 3.63) is 69.9 Å². The number of rotatable bonds is 7. The highest BCUT2D eigenvalue weighted by Gasteiger charge is 2.30. The van der Waals surface area contributed by atoms with Gasteiger partial charge in [0.25, 0.3) is 15.6 Å². The molecule has 3 aromatic rings. The Kier molecular flexibility index (Phi) is 6.90. The summed E-state index contributed by atoms with van der Waals surface area (Å²) in [6.07, 6.45) is 3.29. The highest BCUT2D eigenvalue weighted by Crippen LogP contribution is 2.33. The van der Waals surface area contributed by atoms with Gasteiger partial charge in [0, 0.05) is 72.7 Å². The molecule has 32 heavy (non-hydrogen) atoms. The molecule has 4 heterocycles. The molecule has 7 nitrogen and oxygen atoms in total. The first-order valence-electron chi connectivity index (χ1n) is 10.8. The summed E-state index contributed by atoms with van der Waals surface area (Å²) >= 11 is 1.26. The third-order valence-corrected chi connectivity index (χ3v) is 9.36. The molecule has 0 aromatic carbocycles. The van der Waals surface area contributed by atoms with Crippen LogP contribution in [0.25, 0.3) is 10.4 Å². The Hall–Kier alpha value is -2.33. The van der Waals surface area contributed by atoms with Gasteiger partial charge in [0.2, 0.25) is 0 Å². The van der Waals surface area contributed by atoms with E-state index in [2.05, 4.69) is 14.9 Å². The molecule has 0 bridgehead atoms. The zero-order chi connectivity index (χ0) is 22.7. The maximum atomic E-state index is 13.2. The van der Waals surface area contributed by atoms with Gasteiger partial charge in [-0.15, -0.1) is 11.3 Å². The summed E-state index contributed by atoms with van der Waals surface area (Å²) in [4.78, 5) is 22.4. The molecule has 1 saturated heterocycles. The molecule has 0 aliphatic carbocycles. The minimum absolute atomic E-state index is 0.0842. The van der Waals surface area contributed by atoms with E-state index in [1.165, 1.54) is 11.3 Å². The van der Waals surface area contributed by atoms with Gasteiger partial charge in [0.1, 0.15) is 4.21 Å². The Bertz CT molecular complexity index is 1230. The van der Waals surface area contributed by atoms with Crippen molar-refractivity contribution in [3.63, 3.8) is 0 Å². The van der Waals surface area contributed by atoms with Crippen molar-refractivity contribution in [2.24, 2.45) is 0 Å². The minimum atomic E-state index is -3.54. The number of piperazine rings is 1. The largest absolute Gasteiger partial charge is 0.326 e. The second kappa shape index (κ2) is 9.66. The first-order valence-corrected chi connectivity index (χ1v) is 13.1. The Balaban J connectivity index is 1.43. The quantitative estimate of drug-likeness (QED) is 0.571. The summed E-state index contributed by atoms with van der Waals surface area (Å²) in [7, 11) is -3.54. The van der Waals surface area contributed by atoms with Gasteiger partial charge in [-0.1, -0.05) is 13.0 Å². The number of H-pyrrole nitrogens is 1. The van der Waals surface area contributed by atoms with Crippen molar-refractivity contribution in [3.8, 4) is 10.4 Å². The van der Waals surface area contributed by atoms with Crippen molar-refractivity contribution >= 4 is 21.4 Å². The lowest BCUT2D eigenvalue weighted by atomic mass is 10.1. The van der Waals surface area contributed by atoms with Crippen LogP contribution in [0, 0.1) is 6.92 Å². The van der Waals surface area contributed by atoms with E-state index < -0.39 is 10.0 Å². The molecule has 0 atom stereocenters. The van der Waals surface area contributed by atoms with Crippen LogP contribution in [0.3, 0.4) is 0 Å². The zero-order valence-electron chi connectivity index (χ0n) is 18.4.